The van der Waals surface area contributed by atoms with Crippen molar-refractivity contribution in [3.63, 3.8) is 0 Å². The van der Waals surface area contributed by atoms with Crippen molar-refractivity contribution in [2.45, 2.75) is 277 Å². The van der Waals surface area contributed by atoms with E-state index in [4.69, 9.17) is 14.2 Å². The fourth-order valence-electron chi connectivity index (χ4n) is 7.66. The van der Waals surface area contributed by atoms with E-state index in [1.165, 1.54) is 122 Å². The van der Waals surface area contributed by atoms with E-state index in [1.807, 2.05) is 0 Å². The topological polar surface area (TPSA) is 78.9 Å². The Morgan fingerprint density at radius 2 is 0.609 bits per heavy atom. The van der Waals surface area contributed by atoms with Gasteiger partial charge in [-0.25, -0.2) is 0 Å². The lowest BCUT2D eigenvalue weighted by Crippen LogP contribution is -2.30. The highest BCUT2D eigenvalue weighted by atomic mass is 16.6. The number of hydrogen-bond donors (Lipinski definition) is 0. The third kappa shape index (κ3) is 50.1. The van der Waals surface area contributed by atoms with Crippen molar-refractivity contribution in [1.82, 2.24) is 0 Å². The molecule has 0 aliphatic carbocycles. The van der Waals surface area contributed by atoms with E-state index in [1.54, 1.807) is 0 Å². The van der Waals surface area contributed by atoms with Crippen LogP contribution in [0.2, 0.25) is 0 Å². The van der Waals surface area contributed by atoms with Gasteiger partial charge in [-0.1, -0.05) is 229 Å². The fourth-order valence-corrected chi connectivity index (χ4v) is 7.66. The van der Waals surface area contributed by atoms with E-state index in [2.05, 4.69) is 81.5 Å². The summed E-state index contributed by atoms with van der Waals surface area (Å²) < 4.78 is 16.8. The van der Waals surface area contributed by atoms with Gasteiger partial charge < -0.3 is 14.2 Å². The van der Waals surface area contributed by atoms with Crippen LogP contribution in [-0.2, 0) is 28.6 Å². The molecule has 0 saturated carbocycles. The zero-order valence-corrected chi connectivity index (χ0v) is 42.3. The average molecular weight is 895 g/mol. The summed E-state index contributed by atoms with van der Waals surface area (Å²) in [5.74, 6) is -0.897. The normalized spacial score (nSPS) is 12.5. The minimum absolute atomic E-state index is 0.0810. The molecule has 0 fully saturated rings. The van der Waals surface area contributed by atoms with Crippen LogP contribution in [0.5, 0.6) is 0 Å². The summed E-state index contributed by atoms with van der Waals surface area (Å²) in [6, 6.07) is 0. The molecule has 0 rings (SSSR count). The molecule has 1 unspecified atom stereocenters. The van der Waals surface area contributed by atoms with Gasteiger partial charge in [0.25, 0.3) is 0 Å². The number of carbonyl (C=O) groups is 3. The number of allylic oxidation sites excluding steroid dienone is 10. The molecule has 0 aliphatic rings. The Bertz CT molecular complexity index is 1170. The smallest absolute Gasteiger partial charge is 0.306 e. The van der Waals surface area contributed by atoms with Gasteiger partial charge in [-0.2, -0.15) is 0 Å². The summed E-state index contributed by atoms with van der Waals surface area (Å²) in [4.78, 5) is 38.1. The maximum atomic E-state index is 12.8. The van der Waals surface area contributed by atoms with Crippen molar-refractivity contribution < 1.29 is 28.6 Å². The average Bonchev–Trinajstić information content (AvgIpc) is 3.29. The van der Waals surface area contributed by atoms with E-state index >= 15 is 0 Å². The van der Waals surface area contributed by atoms with Crippen LogP contribution in [0.3, 0.4) is 0 Å². The molecule has 0 radical (unpaired) electrons. The molecule has 0 N–H and O–H groups in total. The lowest BCUT2D eigenvalue weighted by atomic mass is 10.0. The van der Waals surface area contributed by atoms with Gasteiger partial charge in [0.15, 0.2) is 6.10 Å². The van der Waals surface area contributed by atoms with E-state index in [9.17, 15) is 14.4 Å². The summed E-state index contributed by atoms with van der Waals surface area (Å²) in [5, 5.41) is 0. The van der Waals surface area contributed by atoms with Crippen LogP contribution in [0.1, 0.15) is 271 Å². The lowest BCUT2D eigenvalue weighted by Gasteiger charge is -2.18. The first kappa shape index (κ1) is 61.1. The largest absolute Gasteiger partial charge is 0.462 e. The van der Waals surface area contributed by atoms with Gasteiger partial charge in [-0.3, -0.25) is 14.4 Å². The van der Waals surface area contributed by atoms with Crippen LogP contribution < -0.4 is 0 Å². The third-order valence-corrected chi connectivity index (χ3v) is 11.8. The molecule has 64 heavy (non-hydrogen) atoms. The molecule has 0 aromatic carbocycles. The summed E-state index contributed by atoms with van der Waals surface area (Å²) >= 11 is 0. The number of carbonyl (C=O) groups excluding carboxylic acids is 3. The quantitative estimate of drug-likeness (QED) is 0.0262. The van der Waals surface area contributed by atoms with Crippen LogP contribution >= 0.6 is 0 Å². The Balaban J connectivity index is 4.40. The SMILES string of the molecule is CC/C=C\C/C=C\C/C=C\CCCCCCCCCC(=O)OCC(COC(=O)CCCCCCCCCCCCCCC)OC(=O)CCCCCCC/C=C\C/C=C\CCCCCC. The highest BCUT2D eigenvalue weighted by molar-refractivity contribution is 5.71. The monoisotopic (exact) mass is 895 g/mol. The number of unbranched alkanes of at least 4 members (excludes halogenated alkanes) is 28. The first-order valence-corrected chi connectivity index (χ1v) is 27.3. The Hall–Kier alpha value is -2.89. The van der Waals surface area contributed by atoms with Crippen LogP contribution in [0, 0.1) is 0 Å². The summed E-state index contributed by atoms with van der Waals surface area (Å²) in [5.41, 5.74) is 0. The van der Waals surface area contributed by atoms with Gasteiger partial charge in [-0.15, -0.1) is 0 Å². The molecular weight excluding hydrogens is 793 g/mol. The van der Waals surface area contributed by atoms with Crippen molar-refractivity contribution in [2.75, 3.05) is 13.2 Å². The molecule has 1 atom stereocenters. The van der Waals surface area contributed by atoms with Crippen molar-refractivity contribution in [2.24, 2.45) is 0 Å². The Kier molecular flexibility index (Phi) is 50.4. The first-order chi connectivity index (χ1) is 31.5. The second-order valence-electron chi connectivity index (χ2n) is 18.1. The maximum absolute atomic E-state index is 12.8. The Labute approximate surface area is 396 Å². The second kappa shape index (κ2) is 52.7. The Morgan fingerprint density at radius 3 is 0.969 bits per heavy atom. The molecule has 0 amide bonds. The van der Waals surface area contributed by atoms with Crippen LogP contribution in [0.4, 0.5) is 0 Å². The summed E-state index contributed by atoms with van der Waals surface area (Å²) in [6.45, 7) is 6.51. The summed E-state index contributed by atoms with van der Waals surface area (Å²) in [6.07, 6.45) is 64.8. The van der Waals surface area contributed by atoms with Crippen molar-refractivity contribution >= 4 is 17.9 Å². The molecule has 0 spiro atoms. The zero-order valence-electron chi connectivity index (χ0n) is 42.3. The van der Waals surface area contributed by atoms with Crippen molar-refractivity contribution in [3.05, 3.63) is 60.8 Å². The van der Waals surface area contributed by atoms with Crippen molar-refractivity contribution in [3.8, 4) is 0 Å². The molecule has 6 nitrogen and oxygen atoms in total. The van der Waals surface area contributed by atoms with Gasteiger partial charge in [0, 0.05) is 19.3 Å². The predicted molar refractivity (Wildman–Crippen MR) is 275 cm³/mol. The molecule has 0 aromatic heterocycles. The minimum atomic E-state index is -0.783. The van der Waals surface area contributed by atoms with E-state index in [0.29, 0.717) is 19.3 Å². The minimum Gasteiger partial charge on any atom is -0.462 e. The highest BCUT2D eigenvalue weighted by Crippen LogP contribution is 2.15. The first-order valence-electron chi connectivity index (χ1n) is 27.3. The van der Waals surface area contributed by atoms with E-state index in [0.717, 1.165) is 109 Å². The molecule has 0 aliphatic heterocycles. The highest BCUT2D eigenvalue weighted by Gasteiger charge is 2.19. The summed E-state index contributed by atoms with van der Waals surface area (Å²) in [7, 11) is 0. The maximum Gasteiger partial charge on any atom is 0.306 e. The molecule has 0 aromatic rings. The fraction of sp³-hybridized carbons (Fsp3) is 0.776. The van der Waals surface area contributed by atoms with Crippen LogP contribution in [0.25, 0.3) is 0 Å². The van der Waals surface area contributed by atoms with Gasteiger partial charge in [0.05, 0.1) is 0 Å². The predicted octanol–water partition coefficient (Wildman–Crippen LogP) is 18.0. The molecule has 0 bridgehead atoms. The van der Waals surface area contributed by atoms with Crippen molar-refractivity contribution in [1.29, 1.82) is 0 Å². The van der Waals surface area contributed by atoms with Gasteiger partial charge in [0.1, 0.15) is 13.2 Å². The number of ether oxygens (including phenoxy) is 3. The van der Waals surface area contributed by atoms with Gasteiger partial charge >= 0.3 is 17.9 Å². The van der Waals surface area contributed by atoms with E-state index < -0.39 is 6.10 Å². The second-order valence-corrected chi connectivity index (χ2v) is 18.1. The van der Waals surface area contributed by atoms with Gasteiger partial charge in [-0.05, 0) is 83.5 Å². The third-order valence-electron chi connectivity index (χ3n) is 11.8. The molecule has 370 valence electrons. The lowest BCUT2D eigenvalue weighted by molar-refractivity contribution is -0.167. The van der Waals surface area contributed by atoms with Gasteiger partial charge in [0.2, 0.25) is 0 Å². The van der Waals surface area contributed by atoms with E-state index in [-0.39, 0.29) is 31.1 Å². The molecular formula is C58H102O6. The number of hydrogen-bond acceptors (Lipinski definition) is 6. The zero-order chi connectivity index (χ0) is 46.5. The standard InChI is InChI=1S/C58H102O6/c1-4-7-10-13-16-19-22-25-27-29-31-33-36-39-42-45-48-51-57(60)63-54-55(53-62-56(59)50-47-44-41-38-35-32-24-21-18-15-12-9-6-3)64-58(61)52-49-46-43-40-37-34-30-28-26-23-20-17-14-11-8-5-2/h7,10,16,19-20,23,25,27-28,30,55H,4-6,8-9,11-15,17-18,21-22,24,26,29,31-54H2,1-3H3/b10-7-,19-16-,23-20-,27-25-,30-28-. The van der Waals surface area contributed by atoms with Crippen LogP contribution in [-0.4, -0.2) is 37.2 Å². The molecule has 0 saturated heterocycles. The molecule has 6 heteroatoms. The van der Waals surface area contributed by atoms with Crippen LogP contribution in [0.15, 0.2) is 60.8 Å². The number of rotatable bonds is 49. The Morgan fingerprint density at radius 1 is 0.328 bits per heavy atom. The molecule has 0 heterocycles. The number of esters is 3.